The zero-order valence-electron chi connectivity index (χ0n) is 6.46. The van der Waals surface area contributed by atoms with Gasteiger partial charge in [0.25, 0.3) is 0 Å². The van der Waals surface area contributed by atoms with Gasteiger partial charge in [-0.2, -0.15) is 0 Å². The van der Waals surface area contributed by atoms with Gasteiger partial charge in [0.15, 0.2) is 0 Å². The molecule has 12 heavy (non-hydrogen) atoms. The monoisotopic (exact) mass is 165 g/mol. The van der Waals surface area contributed by atoms with E-state index in [1.54, 1.807) is 17.0 Å². The highest BCUT2D eigenvalue weighted by Gasteiger charge is 2.24. The number of hydrogen-bond donors (Lipinski definition) is 0. The van der Waals surface area contributed by atoms with Crippen LogP contribution in [0.1, 0.15) is 6.42 Å². The molecule has 0 unspecified atom stereocenters. The summed E-state index contributed by atoms with van der Waals surface area (Å²) in [5.74, 6) is -0.229. The lowest BCUT2D eigenvalue weighted by Crippen LogP contribution is -2.43. The molecule has 0 radical (unpaired) electrons. The van der Waals surface area contributed by atoms with Gasteiger partial charge in [-0.15, -0.1) is 0 Å². The zero-order valence-corrected chi connectivity index (χ0v) is 6.46. The fraction of sp³-hybridized carbons (Fsp3) is 0.222. The van der Waals surface area contributed by atoms with Gasteiger partial charge < -0.3 is 4.90 Å². The van der Waals surface area contributed by atoms with Gasteiger partial charge in [0.05, 0.1) is 0 Å². The molecule has 1 fully saturated rings. The van der Waals surface area contributed by atoms with Gasteiger partial charge in [0.1, 0.15) is 5.82 Å². The minimum absolute atomic E-state index is 0.0700. The summed E-state index contributed by atoms with van der Waals surface area (Å²) in [6, 6.07) is 6.08. The predicted octanol–water partition coefficient (Wildman–Crippen LogP) is 1.56. The summed E-state index contributed by atoms with van der Waals surface area (Å²) in [6.07, 6.45) is 0.580. The van der Waals surface area contributed by atoms with Crippen LogP contribution < -0.4 is 4.90 Å². The van der Waals surface area contributed by atoms with Crippen molar-refractivity contribution in [3.8, 4) is 0 Å². The quantitative estimate of drug-likeness (QED) is 0.578. The van der Waals surface area contributed by atoms with Crippen LogP contribution in [-0.4, -0.2) is 12.5 Å². The number of benzene rings is 1. The van der Waals surface area contributed by atoms with Crippen molar-refractivity contribution in [3.63, 3.8) is 0 Å². The summed E-state index contributed by atoms with van der Waals surface area (Å²) in [4.78, 5) is 12.5. The molecule has 1 amide bonds. The molecule has 3 heteroatoms. The molecule has 62 valence electrons. The van der Waals surface area contributed by atoms with Crippen molar-refractivity contribution >= 4 is 11.6 Å². The van der Waals surface area contributed by atoms with E-state index in [2.05, 4.69) is 0 Å². The number of carbonyl (C=O) groups is 1. The second-order valence-corrected chi connectivity index (χ2v) is 2.78. The lowest BCUT2D eigenvalue weighted by molar-refractivity contribution is -0.122. The molecule has 1 aliphatic heterocycles. The second-order valence-electron chi connectivity index (χ2n) is 2.78. The first-order chi connectivity index (χ1) is 5.77. The Morgan fingerprint density at radius 3 is 2.75 bits per heavy atom. The van der Waals surface area contributed by atoms with Crippen LogP contribution in [-0.2, 0) is 4.79 Å². The van der Waals surface area contributed by atoms with E-state index in [-0.39, 0.29) is 11.7 Å². The van der Waals surface area contributed by atoms with Gasteiger partial charge in [-0.05, 0) is 18.2 Å². The van der Waals surface area contributed by atoms with Crippen molar-refractivity contribution < 1.29 is 9.18 Å². The predicted molar refractivity (Wildman–Crippen MR) is 43.4 cm³/mol. The molecule has 0 atom stereocenters. The van der Waals surface area contributed by atoms with E-state index in [0.717, 1.165) is 0 Å². The highest BCUT2D eigenvalue weighted by Crippen LogP contribution is 2.21. The maximum atomic E-state index is 12.7. The summed E-state index contributed by atoms with van der Waals surface area (Å²) in [5.41, 5.74) is 0.659. The third-order valence-corrected chi connectivity index (χ3v) is 1.97. The van der Waals surface area contributed by atoms with Crippen molar-refractivity contribution in [2.24, 2.45) is 0 Å². The van der Waals surface area contributed by atoms with E-state index in [1.807, 2.05) is 0 Å². The molecule has 0 N–H and O–H groups in total. The van der Waals surface area contributed by atoms with E-state index in [0.29, 0.717) is 18.7 Å². The van der Waals surface area contributed by atoms with Crippen LogP contribution in [0.5, 0.6) is 0 Å². The fourth-order valence-corrected chi connectivity index (χ4v) is 1.23. The molecule has 2 nitrogen and oxygen atoms in total. The van der Waals surface area contributed by atoms with E-state index in [9.17, 15) is 9.18 Å². The van der Waals surface area contributed by atoms with Crippen molar-refractivity contribution in [3.05, 3.63) is 30.1 Å². The van der Waals surface area contributed by atoms with Crippen LogP contribution >= 0.6 is 0 Å². The Bertz CT molecular complexity index is 324. The average molecular weight is 165 g/mol. The molecule has 2 rings (SSSR count). The standard InChI is InChI=1S/C9H8FNO/c10-7-2-1-3-8(6-7)11-5-4-9(11)12/h1-3,6H,4-5H2. The van der Waals surface area contributed by atoms with Gasteiger partial charge in [-0.1, -0.05) is 6.07 Å². The number of hydrogen-bond acceptors (Lipinski definition) is 1. The maximum absolute atomic E-state index is 12.7. The highest BCUT2D eigenvalue weighted by molar-refractivity contribution is 5.99. The highest BCUT2D eigenvalue weighted by atomic mass is 19.1. The number of carbonyl (C=O) groups excluding carboxylic acids is 1. The lowest BCUT2D eigenvalue weighted by Gasteiger charge is -2.30. The number of rotatable bonds is 1. The summed E-state index contributed by atoms with van der Waals surface area (Å²) < 4.78 is 12.7. The Morgan fingerprint density at radius 2 is 2.25 bits per heavy atom. The maximum Gasteiger partial charge on any atom is 0.228 e. The second kappa shape index (κ2) is 2.59. The van der Waals surface area contributed by atoms with E-state index < -0.39 is 0 Å². The first-order valence-electron chi connectivity index (χ1n) is 3.83. The average Bonchev–Trinajstić information content (AvgIpc) is 2.02. The molecule has 1 heterocycles. The summed E-state index contributed by atoms with van der Waals surface area (Å²) in [5, 5.41) is 0. The zero-order chi connectivity index (χ0) is 8.55. The van der Waals surface area contributed by atoms with E-state index in [4.69, 9.17) is 0 Å². The molecule has 0 aliphatic carbocycles. The smallest absolute Gasteiger partial charge is 0.228 e. The van der Waals surface area contributed by atoms with E-state index in [1.165, 1.54) is 12.1 Å². The van der Waals surface area contributed by atoms with Crippen LogP contribution in [0.4, 0.5) is 10.1 Å². The summed E-state index contributed by atoms with van der Waals surface area (Å²) >= 11 is 0. The first kappa shape index (κ1) is 7.28. The number of nitrogens with zero attached hydrogens (tertiary/aromatic N) is 1. The van der Waals surface area contributed by atoms with Crippen LogP contribution in [0, 0.1) is 5.82 Å². The summed E-state index contributed by atoms with van der Waals surface area (Å²) in [6.45, 7) is 0.711. The first-order valence-corrected chi connectivity index (χ1v) is 3.83. The van der Waals surface area contributed by atoms with Gasteiger partial charge in [-0.3, -0.25) is 4.79 Å². The van der Waals surface area contributed by atoms with Crippen molar-refractivity contribution in [1.29, 1.82) is 0 Å². The van der Waals surface area contributed by atoms with E-state index >= 15 is 0 Å². The summed E-state index contributed by atoms with van der Waals surface area (Å²) in [7, 11) is 0. The largest absolute Gasteiger partial charge is 0.312 e. The van der Waals surface area contributed by atoms with Gasteiger partial charge in [0.2, 0.25) is 5.91 Å². The third kappa shape index (κ3) is 1.07. The normalized spacial score (nSPS) is 16.1. The molecule has 1 aromatic carbocycles. The SMILES string of the molecule is O=C1CCN1c1cccc(F)c1. The Morgan fingerprint density at radius 1 is 1.42 bits per heavy atom. The number of anilines is 1. The lowest BCUT2D eigenvalue weighted by atomic mass is 10.1. The Labute approximate surface area is 69.6 Å². The van der Waals surface area contributed by atoms with Crippen LogP contribution in [0.25, 0.3) is 0 Å². The molecule has 0 spiro atoms. The van der Waals surface area contributed by atoms with Crippen molar-refractivity contribution in [1.82, 2.24) is 0 Å². The van der Waals surface area contributed by atoms with Gasteiger partial charge in [0, 0.05) is 18.7 Å². The minimum atomic E-state index is -0.299. The minimum Gasteiger partial charge on any atom is -0.312 e. The molecular weight excluding hydrogens is 157 g/mol. The van der Waals surface area contributed by atoms with Crippen molar-refractivity contribution in [2.75, 3.05) is 11.4 Å². The fourth-order valence-electron chi connectivity index (χ4n) is 1.23. The number of halogens is 1. The molecule has 1 aromatic rings. The number of β-lactam (4-membered cyclic amide) rings is 1. The molecule has 1 saturated heterocycles. The van der Waals surface area contributed by atoms with Gasteiger partial charge >= 0.3 is 0 Å². The molecule has 0 saturated carbocycles. The molecule has 0 aromatic heterocycles. The van der Waals surface area contributed by atoms with Crippen LogP contribution in [0.2, 0.25) is 0 Å². The Kier molecular flexibility index (Phi) is 1.57. The third-order valence-electron chi connectivity index (χ3n) is 1.97. The molecular formula is C9H8FNO. The molecule has 1 aliphatic rings. The van der Waals surface area contributed by atoms with Crippen LogP contribution in [0.3, 0.4) is 0 Å². The van der Waals surface area contributed by atoms with Gasteiger partial charge in [-0.25, -0.2) is 4.39 Å². The Hall–Kier alpha value is -1.38. The van der Waals surface area contributed by atoms with Crippen LogP contribution in [0.15, 0.2) is 24.3 Å². The number of amides is 1. The Balaban J connectivity index is 2.28. The van der Waals surface area contributed by atoms with Crippen molar-refractivity contribution in [2.45, 2.75) is 6.42 Å². The topological polar surface area (TPSA) is 20.3 Å². The molecule has 0 bridgehead atoms.